The van der Waals surface area contributed by atoms with Crippen LogP contribution in [0.5, 0.6) is 0 Å². The van der Waals surface area contributed by atoms with Crippen molar-refractivity contribution in [3.8, 4) is 0 Å². The van der Waals surface area contributed by atoms with Crippen molar-refractivity contribution in [1.29, 1.82) is 0 Å². The zero-order chi connectivity index (χ0) is 10.2. The summed E-state index contributed by atoms with van der Waals surface area (Å²) in [7, 11) is 0. The molecule has 3 atom stereocenters. The van der Waals surface area contributed by atoms with Gasteiger partial charge in [0, 0.05) is 5.54 Å². The minimum absolute atomic E-state index is 0.544. The molecule has 1 aliphatic carbocycles. The lowest BCUT2D eigenvalue weighted by atomic mass is 9.71. The van der Waals surface area contributed by atoms with E-state index in [1.807, 2.05) is 0 Å². The first kappa shape index (κ1) is 10.5. The maximum absolute atomic E-state index is 2.76. The van der Waals surface area contributed by atoms with Crippen LogP contribution < -0.4 is 0 Å². The average Bonchev–Trinajstić information content (AvgIpc) is 2.65. The number of hydrogen-bond acceptors (Lipinski definition) is 1. The Hall–Kier alpha value is -0.0400. The SMILES string of the molecule is C[C@@H]1C[C@](C)(N2CCCC2)CC[C@@H]1C. The fourth-order valence-electron chi connectivity index (χ4n) is 3.36. The van der Waals surface area contributed by atoms with Gasteiger partial charge in [0.1, 0.15) is 0 Å². The van der Waals surface area contributed by atoms with Gasteiger partial charge < -0.3 is 0 Å². The molecule has 0 radical (unpaired) electrons. The summed E-state index contributed by atoms with van der Waals surface area (Å²) in [5, 5.41) is 0. The summed E-state index contributed by atoms with van der Waals surface area (Å²) in [6, 6.07) is 0. The smallest absolute Gasteiger partial charge is 0.0184 e. The number of hydrogen-bond donors (Lipinski definition) is 0. The number of nitrogens with zero attached hydrogens (tertiary/aromatic N) is 1. The zero-order valence-electron chi connectivity index (χ0n) is 10.1. The van der Waals surface area contributed by atoms with Crippen molar-refractivity contribution in [2.24, 2.45) is 11.8 Å². The quantitative estimate of drug-likeness (QED) is 0.620. The predicted molar refractivity (Wildman–Crippen MR) is 61.4 cm³/mol. The molecular weight excluding hydrogens is 170 g/mol. The Morgan fingerprint density at radius 2 is 1.71 bits per heavy atom. The van der Waals surface area contributed by atoms with E-state index < -0.39 is 0 Å². The van der Waals surface area contributed by atoms with Gasteiger partial charge in [0.25, 0.3) is 0 Å². The number of likely N-dealkylation sites (tertiary alicyclic amines) is 1. The van der Waals surface area contributed by atoms with E-state index in [-0.39, 0.29) is 0 Å². The highest BCUT2D eigenvalue weighted by molar-refractivity contribution is 4.94. The fourth-order valence-corrected chi connectivity index (χ4v) is 3.36. The molecule has 1 heterocycles. The molecule has 1 aliphatic heterocycles. The Morgan fingerprint density at radius 3 is 2.29 bits per heavy atom. The maximum Gasteiger partial charge on any atom is 0.0184 e. The Balaban J connectivity index is 2.01. The molecule has 1 saturated heterocycles. The van der Waals surface area contributed by atoms with Gasteiger partial charge in [-0.15, -0.1) is 0 Å². The van der Waals surface area contributed by atoms with Gasteiger partial charge in [0.15, 0.2) is 0 Å². The van der Waals surface area contributed by atoms with Crippen LogP contribution in [0.15, 0.2) is 0 Å². The molecule has 2 rings (SSSR count). The molecule has 1 heteroatoms. The van der Waals surface area contributed by atoms with E-state index >= 15 is 0 Å². The van der Waals surface area contributed by atoms with Crippen LogP contribution in [-0.2, 0) is 0 Å². The van der Waals surface area contributed by atoms with Crippen molar-refractivity contribution >= 4 is 0 Å². The van der Waals surface area contributed by atoms with Gasteiger partial charge in [-0.3, -0.25) is 4.90 Å². The Bertz CT molecular complexity index is 195. The van der Waals surface area contributed by atoms with Gasteiger partial charge in [-0.1, -0.05) is 13.8 Å². The highest BCUT2D eigenvalue weighted by Crippen LogP contribution is 2.40. The fraction of sp³-hybridized carbons (Fsp3) is 1.00. The summed E-state index contributed by atoms with van der Waals surface area (Å²) in [6.45, 7) is 10.1. The molecule has 0 aromatic heterocycles. The van der Waals surface area contributed by atoms with Crippen molar-refractivity contribution in [3.05, 3.63) is 0 Å². The minimum Gasteiger partial charge on any atom is -0.298 e. The summed E-state index contributed by atoms with van der Waals surface area (Å²) < 4.78 is 0. The first-order valence-electron chi connectivity index (χ1n) is 6.37. The van der Waals surface area contributed by atoms with Gasteiger partial charge >= 0.3 is 0 Å². The Morgan fingerprint density at radius 1 is 1.07 bits per heavy atom. The van der Waals surface area contributed by atoms with Gasteiger partial charge in [-0.05, 0) is 64.0 Å². The van der Waals surface area contributed by atoms with Gasteiger partial charge in [0.2, 0.25) is 0 Å². The van der Waals surface area contributed by atoms with Crippen molar-refractivity contribution in [3.63, 3.8) is 0 Å². The second-order valence-corrected chi connectivity index (χ2v) is 5.89. The average molecular weight is 195 g/mol. The summed E-state index contributed by atoms with van der Waals surface area (Å²) in [6.07, 6.45) is 7.15. The van der Waals surface area contributed by atoms with E-state index in [1.165, 1.54) is 45.2 Å². The molecule has 14 heavy (non-hydrogen) atoms. The lowest BCUT2D eigenvalue weighted by molar-refractivity contribution is 0.0470. The zero-order valence-corrected chi connectivity index (χ0v) is 10.1. The normalized spacial score (nSPS) is 45.6. The van der Waals surface area contributed by atoms with Crippen LogP contribution in [0.1, 0.15) is 52.9 Å². The first-order chi connectivity index (χ1) is 6.62. The second kappa shape index (κ2) is 3.84. The molecule has 2 aliphatic rings. The van der Waals surface area contributed by atoms with Crippen LogP contribution in [-0.4, -0.2) is 23.5 Å². The summed E-state index contributed by atoms with van der Waals surface area (Å²) in [4.78, 5) is 2.76. The molecule has 0 spiro atoms. The molecule has 0 bridgehead atoms. The van der Waals surface area contributed by atoms with Crippen LogP contribution in [0, 0.1) is 11.8 Å². The summed E-state index contributed by atoms with van der Waals surface area (Å²) >= 11 is 0. The van der Waals surface area contributed by atoms with Gasteiger partial charge in [0.05, 0.1) is 0 Å². The van der Waals surface area contributed by atoms with E-state index in [0.717, 1.165) is 11.8 Å². The number of rotatable bonds is 1. The predicted octanol–water partition coefficient (Wildman–Crippen LogP) is 3.30. The highest BCUT2D eigenvalue weighted by atomic mass is 15.2. The van der Waals surface area contributed by atoms with Crippen molar-refractivity contribution < 1.29 is 0 Å². The van der Waals surface area contributed by atoms with E-state index in [1.54, 1.807) is 0 Å². The van der Waals surface area contributed by atoms with Gasteiger partial charge in [-0.25, -0.2) is 0 Å². The molecule has 82 valence electrons. The van der Waals surface area contributed by atoms with Crippen molar-refractivity contribution in [1.82, 2.24) is 4.90 Å². The van der Waals surface area contributed by atoms with Crippen molar-refractivity contribution in [2.75, 3.05) is 13.1 Å². The molecule has 0 aromatic rings. The van der Waals surface area contributed by atoms with E-state index in [2.05, 4.69) is 25.7 Å². The molecular formula is C13H25N. The molecule has 0 unspecified atom stereocenters. The molecule has 2 fully saturated rings. The standard InChI is InChI=1S/C13H25N/c1-11-6-7-13(3,10-12(11)2)14-8-4-5-9-14/h11-12H,4-10H2,1-3H3/t11-,12+,13+/m0/s1. The van der Waals surface area contributed by atoms with E-state index in [0.29, 0.717) is 5.54 Å². The van der Waals surface area contributed by atoms with Crippen LogP contribution in [0.3, 0.4) is 0 Å². The minimum atomic E-state index is 0.544. The highest BCUT2D eigenvalue weighted by Gasteiger charge is 2.39. The maximum atomic E-state index is 2.76. The topological polar surface area (TPSA) is 3.24 Å². The van der Waals surface area contributed by atoms with Crippen LogP contribution in [0.4, 0.5) is 0 Å². The first-order valence-corrected chi connectivity index (χ1v) is 6.37. The monoisotopic (exact) mass is 195 g/mol. The summed E-state index contributed by atoms with van der Waals surface area (Å²) in [5.41, 5.74) is 0.544. The third kappa shape index (κ3) is 1.84. The lowest BCUT2D eigenvalue weighted by Crippen LogP contribution is -2.49. The molecule has 0 amide bonds. The molecule has 0 N–H and O–H groups in total. The third-order valence-electron chi connectivity index (χ3n) is 4.74. The Kier molecular flexibility index (Phi) is 2.88. The Labute approximate surface area is 88.9 Å². The second-order valence-electron chi connectivity index (χ2n) is 5.89. The molecule has 0 aromatic carbocycles. The van der Waals surface area contributed by atoms with Crippen LogP contribution in [0.2, 0.25) is 0 Å². The lowest BCUT2D eigenvalue weighted by Gasteiger charge is -2.46. The van der Waals surface area contributed by atoms with Crippen molar-refractivity contribution in [2.45, 2.75) is 58.4 Å². The molecule has 1 nitrogen and oxygen atoms in total. The van der Waals surface area contributed by atoms with E-state index in [4.69, 9.17) is 0 Å². The van der Waals surface area contributed by atoms with Crippen LogP contribution in [0.25, 0.3) is 0 Å². The largest absolute Gasteiger partial charge is 0.298 e. The van der Waals surface area contributed by atoms with E-state index in [9.17, 15) is 0 Å². The summed E-state index contributed by atoms with van der Waals surface area (Å²) in [5.74, 6) is 1.88. The third-order valence-corrected chi connectivity index (χ3v) is 4.74. The molecule has 1 saturated carbocycles. The van der Waals surface area contributed by atoms with Crippen LogP contribution >= 0.6 is 0 Å². The van der Waals surface area contributed by atoms with Gasteiger partial charge in [-0.2, -0.15) is 0 Å².